The minimum absolute atomic E-state index is 0.283. The Morgan fingerprint density at radius 2 is 1.67 bits per heavy atom. The van der Waals surface area contributed by atoms with Crippen molar-refractivity contribution < 1.29 is 9.47 Å². The first-order chi connectivity index (χ1) is 8.76. The Bertz CT molecular complexity index is 526. The van der Waals surface area contributed by atoms with E-state index in [-0.39, 0.29) is 5.15 Å². The molecule has 2 aromatic rings. The first-order valence-corrected chi connectivity index (χ1v) is 5.58. The SMILES string of the molecule is COc1cccc(OC)c1Nc1nccnc1Cl. The molecule has 0 fully saturated rings. The molecule has 0 saturated carbocycles. The smallest absolute Gasteiger partial charge is 0.171 e. The lowest BCUT2D eigenvalue weighted by Crippen LogP contribution is -2.00. The molecule has 5 nitrogen and oxygen atoms in total. The van der Waals surface area contributed by atoms with Crippen LogP contribution in [-0.4, -0.2) is 24.2 Å². The van der Waals surface area contributed by atoms with E-state index in [0.29, 0.717) is 23.0 Å². The third-order valence-electron chi connectivity index (χ3n) is 2.32. The molecule has 1 heterocycles. The number of nitrogens with zero attached hydrogens (tertiary/aromatic N) is 2. The Hall–Kier alpha value is -2.01. The molecule has 0 aliphatic heterocycles. The van der Waals surface area contributed by atoms with Crippen LogP contribution in [0.15, 0.2) is 30.6 Å². The van der Waals surface area contributed by atoms with E-state index in [1.165, 1.54) is 6.20 Å². The average Bonchev–Trinajstić information content (AvgIpc) is 2.41. The molecule has 2 rings (SSSR count). The van der Waals surface area contributed by atoms with Crippen LogP contribution >= 0.6 is 11.6 Å². The zero-order valence-corrected chi connectivity index (χ0v) is 10.7. The molecule has 0 unspecified atom stereocenters. The van der Waals surface area contributed by atoms with Gasteiger partial charge in [-0.3, -0.25) is 0 Å². The highest BCUT2D eigenvalue weighted by molar-refractivity contribution is 6.31. The molecule has 0 amide bonds. The summed E-state index contributed by atoms with van der Waals surface area (Å²) in [4.78, 5) is 8.05. The molecular formula is C12H12ClN3O2. The van der Waals surface area contributed by atoms with Gasteiger partial charge in [0, 0.05) is 12.4 Å². The van der Waals surface area contributed by atoms with Gasteiger partial charge in [-0.1, -0.05) is 17.7 Å². The fraction of sp³-hybridized carbons (Fsp3) is 0.167. The largest absolute Gasteiger partial charge is 0.494 e. The number of halogens is 1. The van der Waals surface area contributed by atoms with Gasteiger partial charge in [0.2, 0.25) is 0 Å². The molecule has 18 heavy (non-hydrogen) atoms. The van der Waals surface area contributed by atoms with Crippen LogP contribution < -0.4 is 14.8 Å². The summed E-state index contributed by atoms with van der Waals surface area (Å²) in [5.74, 6) is 1.72. The number of rotatable bonds is 4. The zero-order chi connectivity index (χ0) is 13.0. The van der Waals surface area contributed by atoms with Crippen molar-refractivity contribution in [2.24, 2.45) is 0 Å². The van der Waals surface area contributed by atoms with Crippen LogP contribution in [0.3, 0.4) is 0 Å². The number of hydrogen-bond donors (Lipinski definition) is 1. The van der Waals surface area contributed by atoms with Crippen molar-refractivity contribution in [3.05, 3.63) is 35.7 Å². The summed E-state index contributed by atoms with van der Waals surface area (Å²) in [5, 5.41) is 3.34. The summed E-state index contributed by atoms with van der Waals surface area (Å²) >= 11 is 5.95. The van der Waals surface area contributed by atoms with Crippen LogP contribution in [0.2, 0.25) is 5.15 Å². The predicted octanol–water partition coefficient (Wildman–Crippen LogP) is 2.89. The Labute approximate surface area is 110 Å². The summed E-state index contributed by atoms with van der Waals surface area (Å²) in [6, 6.07) is 5.46. The van der Waals surface area contributed by atoms with E-state index in [0.717, 1.165) is 0 Å². The maximum Gasteiger partial charge on any atom is 0.171 e. The van der Waals surface area contributed by atoms with Gasteiger partial charge in [-0.2, -0.15) is 0 Å². The van der Waals surface area contributed by atoms with Gasteiger partial charge >= 0.3 is 0 Å². The average molecular weight is 266 g/mol. The van der Waals surface area contributed by atoms with E-state index in [9.17, 15) is 0 Å². The number of anilines is 2. The third kappa shape index (κ3) is 2.46. The second kappa shape index (κ2) is 5.55. The Morgan fingerprint density at radius 1 is 1.06 bits per heavy atom. The maximum atomic E-state index is 5.95. The molecule has 1 aromatic heterocycles. The monoisotopic (exact) mass is 265 g/mol. The fourth-order valence-corrected chi connectivity index (χ4v) is 1.65. The molecule has 0 spiro atoms. The maximum absolute atomic E-state index is 5.95. The first kappa shape index (κ1) is 12.4. The Balaban J connectivity index is 2.42. The van der Waals surface area contributed by atoms with E-state index in [1.54, 1.807) is 20.4 Å². The van der Waals surface area contributed by atoms with Crippen LogP contribution in [0, 0.1) is 0 Å². The number of benzene rings is 1. The molecule has 1 aromatic carbocycles. The molecule has 1 N–H and O–H groups in total. The van der Waals surface area contributed by atoms with Gasteiger partial charge in [-0.05, 0) is 12.1 Å². The van der Waals surface area contributed by atoms with Crippen molar-refractivity contribution in [3.8, 4) is 11.5 Å². The van der Waals surface area contributed by atoms with Gasteiger partial charge in [0.15, 0.2) is 11.0 Å². The van der Waals surface area contributed by atoms with E-state index in [1.807, 2.05) is 18.2 Å². The first-order valence-electron chi connectivity index (χ1n) is 5.20. The van der Waals surface area contributed by atoms with Crippen LogP contribution in [0.5, 0.6) is 11.5 Å². The van der Waals surface area contributed by atoms with Gasteiger partial charge in [0.25, 0.3) is 0 Å². The molecule has 0 aliphatic rings. The highest BCUT2D eigenvalue weighted by atomic mass is 35.5. The van der Waals surface area contributed by atoms with Gasteiger partial charge in [0.05, 0.1) is 14.2 Å². The second-order valence-electron chi connectivity index (χ2n) is 3.36. The molecule has 94 valence electrons. The van der Waals surface area contributed by atoms with Crippen molar-refractivity contribution in [1.82, 2.24) is 9.97 Å². The number of nitrogens with one attached hydrogen (secondary N) is 1. The number of hydrogen-bond acceptors (Lipinski definition) is 5. The van der Waals surface area contributed by atoms with Crippen LogP contribution in [0.25, 0.3) is 0 Å². The van der Waals surface area contributed by atoms with Gasteiger partial charge in [0.1, 0.15) is 17.2 Å². The van der Waals surface area contributed by atoms with Crippen LogP contribution in [-0.2, 0) is 0 Å². The Kier molecular flexibility index (Phi) is 3.84. The van der Waals surface area contributed by atoms with Crippen molar-refractivity contribution >= 4 is 23.1 Å². The van der Waals surface area contributed by atoms with Crippen LogP contribution in [0.4, 0.5) is 11.5 Å². The lowest BCUT2D eigenvalue weighted by atomic mass is 10.2. The lowest BCUT2D eigenvalue weighted by Gasteiger charge is -2.14. The fourth-order valence-electron chi connectivity index (χ4n) is 1.50. The normalized spacial score (nSPS) is 9.94. The molecule has 0 aliphatic carbocycles. The minimum Gasteiger partial charge on any atom is -0.494 e. The number of aromatic nitrogens is 2. The topological polar surface area (TPSA) is 56.3 Å². The quantitative estimate of drug-likeness (QED) is 0.921. The van der Waals surface area contributed by atoms with E-state index >= 15 is 0 Å². The van der Waals surface area contributed by atoms with Crippen LogP contribution in [0.1, 0.15) is 0 Å². The van der Waals surface area contributed by atoms with Crippen molar-refractivity contribution in [2.75, 3.05) is 19.5 Å². The number of ether oxygens (including phenoxy) is 2. The zero-order valence-electron chi connectivity index (χ0n) is 9.98. The summed E-state index contributed by atoms with van der Waals surface area (Å²) in [6.45, 7) is 0. The number of para-hydroxylation sites is 1. The van der Waals surface area contributed by atoms with Crippen molar-refractivity contribution in [1.29, 1.82) is 0 Å². The molecule has 6 heteroatoms. The lowest BCUT2D eigenvalue weighted by molar-refractivity contribution is 0.398. The summed E-state index contributed by atoms with van der Waals surface area (Å²) < 4.78 is 10.5. The molecular weight excluding hydrogens is 254 g/mol. The van der Waals surface area contributed by atoms with Gasteiger partial charge in [-0.15, -0.1) is 0 Å². The highest BCUT2D eigenvalue weighted by Gasteiger charge is 2.12. The summed E-state index contributed by atoms with van der Waals surface area (Å²) in [7, 11) is 3.16. The summed E-state index contributed by atoms with van der Waals surface area (Å²) in [6.07, 6.45) is 3.07. The molecule has 0 atom stereocenters. The number of methoxy groups -OCH3 is 2. The molecule has 0 bridgehead atoms. The van der Waals surface area contributed by atoms with E-state index in [4.69, 9.17) is 21.1 Å². The molecule has 0 saturated heterocycles. The van der Waals surface area contributed by atoms with Crippen molar-refractivity contribution in [2.45, 2.75) is 0 Å². The third-order valence-corrected chi connectivity index (χ3v) is 2.60. The van der Waals surface area contributed by atoms with E-state index in [2.05, 4.69) is 15.3 Å². The standard InChI is InChI=1S/C12H12ClN3O2/c1-17-8-4-3-5-9(18-2)10(8)16-12-11(13)14-6-7-15-12/h3-7H,1-2H3,(H,15,16). The van der Waals surface area contributed by atoms with E-state index < -0.39 is 0 Å². The highest BCUT2D eigenvalue weighted by Crippen LogP contribution is 2.36. The molecule has 0 radical (unpaired) electrons. The van der Waals surface area contributed by atoms with Crippen molar-refractivity contribution in [3.63, 3.8) is 0 Å². The van der Waals surface area contributed by atoms with Gasteiger partial charge < -0.3 is 14.8 Å². The second-order valence-corrected chi connectivity index (χ2v) is 3.72. The minimum atomic E-state index is 0.283. The predicted molar refractivity (Wildman–Crippen MR) is 69.9 cm³/mol. The summed E-state index contributed by atoms with van der Waals surface area (Å²) in [5.41, 5.74) is 0.657. The Morgan fingerprint density at radius 3 is 2.22 bits per heavy atom. The van der Waals surface area contributed by atoms with Gasteiger partial charge in [-0.25, -0.2) is 9.97 Å².